The lowest BCUT2D eigenvalue weighted by atomic mass is 9.88. The van der Waals surface area contributed by atoms with E-state index in [4.69, 9.17) is 4.74 Å². The Morgan fingerprint density at radius 3 is 3.00 bits per heavy atom. The van der Waals surface area contributed by atoms with E-state index in [0.717, 1.165) is 22.7 Å². The van der Waals surface area contributed by atoms with Crippen molar-refractivity contribution in [3.8, 4) is 5.75 Å². The smallest absolute Gasteiger partial charge is 0.225 e. The fraction of sp³-hybridized carbons (Fsp3) is 0.231. The third-order valence-electron chi connectivity index (χ3n) is 3.20. The van der Waals surface area contributed by atoms with Gasteiger partial charge in [-0.2, -0.15) is 5.10 Å². The molecule has 1 unspecified atom stereocenters. The van der Waals surface area contributed by atoms with E-state index in [-0.39, 0.29) is 11.8 Å². The Morgan fingerprint density at radius 2 is 2.28 bits per heavy atom. The van der Waals surface area contributed by atoms with Crippen molar-refractivity contribution in [1.29, 1.82) is 0 Å². The number of hydrogen-bond donors (Lipinski definition) is 2. The maximum Gasteiger partial charge on any atom is 0.225 e. The number of nitrogens with zero attached hydrogens (tertiary/aromatic N) is 1. The van der Waals surface area contributed by atoms with Crippen LogP contribution in [0.25, 0.3) is 0 Å². The predicted octanol–water partition coefficient (Wildman–Crippen LogP) is 1.89. The predicted molar refractivity (Wildman–Crippen MR) is 66.7 cm³/mol. The van der Waals surface area contributed by atoms with Crippen LogP contribution in [-0.4, -0.2) is 23.2 Å². The van der Waals surface area contributed by atoms with Gasteiger partial charge in [-0.05, 0) is 29.8 Å². The molecule has 0 spiro atoms. The molecule has 0 saturated carbocycles. The highest BCUT2D eigenvalue weighted by atomic mass is 16.5. The van der Waals surface area contributed by atoms with Gasteiger partial charge in [0.2, 0.25) is 5.91 Å². The van der Waals surface area contributed by atoms with Crippen LogP contribution in [0.4, 0.5) is 5.69 Å². The van der Waals surface area contributed by atoms with Gasteiger partial charge in [0.25, 0.3) is 0 Å². The monoisotopic (exact) mass is 243 g/mol. The second-order valence-electron chi connectivity index (χ2n) is 4.27. The number of anilines is 1. The van der Waals surface area contributed by atoms with Crippen molar-refractivity contribution in [2.75, 3.05) is 12.4 Å². The van der Waals surface area contributed by atoms with Gasteiger partial charge in [-0.1, -0.05) is 0 Å². The van der Waals surface area contributed by atoms with Crippen molar-refractivity contribution >= 4 is 11.6 Å². The molecule has 1 aromatic heterocycles. The Labute approximate surface area is 104 Å². The average Bonchev–Trinajstić information content (AvgIpc) is 2.91. The first-order valence-electron chi connectivity index (χ1n) is 5.75. The summed E-state index contributed by atoms with van der Waals surface area (Å²) in [6.45, 7) is 0. The average molecular weight is 243 g/mol. The topological polar surface area (TPSA) is 67.0 Å². The number of ether oxygens (including phenoxy) is 1. The molecule has 1 aromatic carbocycles. The summed E-state index contributed by atoms with van der Waals surface area (Å²) in [5.41, 5.74) is 2.84. The van der Waals surface area contributed by atoms with Crippen LogP contribution in [0.1, 0.15) is 23.6 Å². The molecule has 1 atom stereocenters. The molecule has 0 fully saturated rings. The number of hydrogen-bond acceptors (Lipinski definition) is 3. The SMILES string of the molecule is COc1ccc2c(c1)C(c1ccn[nH]1)CC(=O)N2. The maximum absolute atomic E-state index is 11.7. The molecule has 18 heavy (non-hydrogen) atoms. The van der Waals surface area contributed by atoms with E-state index in [0.29, 0.717) is 6.42 Å². The summed E-state index contributed by atoms with van der Waals surface area (Å²) in [6.07, 6.45) is 2.12. The van der Waals surface area contributed by atoms with Gasteiger partial charge >= 0.3 is 0 Å². The second-order valence-corrected chi connectivity index (χ2v) is 4.27. The van der Waals surface area contributed by atoms with Crippen molar-refractivity contribution in [3.63, 3.8) is 0 Å². The number of aromatic nitrogens is 2. The van der Waals surface area contributed by atoms with Crippen LogP contribution in [0, 0.1) is 0 Å². The summed E-state index contributed by atoms with van der Waals surface area (Å²) in [5.74, 6) is 0.813. The number of aromatic amines is 1. The van der Waals surface area contributed by atoms with Crippen LogP contribution in [0.3, 0.4) is 0 Å². The lowest BCUT2D eigenvalue weighted by Gasteiger charge is -2.25. The second kappa shape index (κ2) is 4.18. The maximum atomic E-state index is 11.7. The first-order chi connectivity index (χ1) is 8.78. The molecular formula is C13H13N3O2. The Morgan fingerprint density at radius 1 is 1.39 bits per heavy atom. The van der Waals surface area contributed by atoms with Crippen molar-refractivity contribution in [2.45, 2.75) is 12.3 Å². The first kappa shape index (κ1) is 10.8. The largest absolute Gasteiger partial charge is 0.497 e. The third kappa shape index (κ3) is 1.73. The van der Waals surface area contributed by atoms with Crippen LogP contribution >= 0.6 is 0 Å². The van der Waals surface area contributed by atoms with Crippen LogP contribution in [0.2, 0.25) is 0 Å². The van der Waals surface area contributed by atoms with E-state index in [1.807, 2.05) is 24.3 Å². The number of methoxy groups -OCH3 is 1. The molecule has 1 aliphatic heterocycles. The van der Waals surface area contributed by atoms with E-state index in [9.17, 15) is 4.79 Å². The van der Waals surface area contributed by atoms with E-state index in [1.165, 1.54) is 0 Å². The summed E-state index contributed by atoms with van der Waals surface area (Å²) in [6, 6.07) is 7.57. The molecule has 3 rings (SSSR count). The Kier molecular flexibility index (Phi) is 2.51. The molecule has 0 radical (unpaired) electrons. The molecule has 92 valence electrons. The molecule has 0 bridgehead atoms. The zero-order chi connectivity index (χ0) is 12.5. The lowest BCUT2D eigenvalue weighted by molar-refractivity contribution is -0.116. The molecule has 2 aromatic rings. The summed E-state index contributed by atoms with van der Waals surface area (Å²) in [4.78, 5) is 11.7. The highest BCUT2D eigenvalue weighted by Crippen LogP contribution is 2.37. The third-order valence-corrected chi connectivity index (χ3v) is 3.20. The summed E-state index contributed by atoms with van der Waals surface area (Å²) in [5, 5.41) is 9.76. The van der Waals surface area contributed by atoms with Crippen LogP contribution in [-0.2, 0) is 4.79 Å². The van der Waals surface area contributed by atoms with Gasteiger partial charge in [-0.3, -0.25) is 9.89 Å². The zero-order valence-electron chi connectivity index (χ0n) is 9.93. The van der Waals surface area contributed by atoms with Gasteiger partial charge in [0, 0.05) is 29.9 Å². The first-order valence-corrected chi connectivity index (χ1v) is 5.75. The van der Waals surface area contributed by atoms with Crippen LogP contribution in [0.5, 0.6) is 5.75 Å². The van der Waals surface area contributed by atoms with Gasteiger partial charge < -0.3 is 10.1 Å². The Balaban J connectivity index is 2.10. The number of benzene rings is 1. The highest BCUT2D eigenvalue weighted by Gasteiger charge is 2.27. The van der Waals surface area contributed by atoms with Crippen molar-refractivity contribution in [3.05, 3.63) is 41.7 Å². The summed E-state index contributed by atoms with van der Waals surface area (Å²) < 4.78 is 5.23. The van der Waals surface area contributed by atoms with E-state index >= 15 is 0 Å². The molecule has 5 nitrogen and oxygen atoms in total. The number of carbonyl (C=O) groups excluding carboxylic acids is 1. The van der Waals surface area contributed by atoms with Gasteiger partial charge in [-0.25, -0.2) is 0 Å². The summed E-state index contributed by atoms with van der Waals surface area (Å²) in [7, 11) is 1.63. The zero-order valence-corrected chi connectivity index (χ0v) is 9.93. The van der Waals surface area contributed by atoms with Crippen molar-refractivity contribution in [2.24, 2.45) is 0 Å². The van der Waals surface area contributed by atoms with Gasteiger partial charge in [0.15, 0.2) is 0 Å². The molecule has 0 aliphatic carbocycles. The van der Waals surface area contributed by atoms with E-state index in [2.05, 4.69) is 15.5 Å². The molecule has 0 saturated heterocycles. The van der Waals surface area contributed by atoms with Gasteiger partial charge in [0.05, 0.1) is 7.11 Å². The standard InChI is InChI=1S/C13H13N3O2/c1-18-8-2-3-11-9(6-8)10(7-13(17)15-11)12-4-5-14-16-12/h2-6,10H,7H2,1H3,(H,14,16)(H,15,17). The highest BCUT2D eigenvalue weighted by molar-refractivity contribution is 5.95. The lowest BCUT2D eigenvalue weighted by Crippen LogP contribution is -2.23. The molecule has 1 amide bonds. The number of fused-ring (bicyclic) bond motifs is 1. The quantitative estimate of drug-likeness (QED) is 0.846. The van der Waals surface area contributed by atoms with Gasteiger partial charge in [-0.15, -0.1) is 0 Å². The number of rotatable bonds is 2. The number of H-pyrrole nitrogens is 1. The number of carbonyl (C=O) groups is 1. The molecule has 5 heteroatoms. The van der Waals surface area contributed by atoms with E-state index in [1.54, 1.807) is 13.3 Å². The van der Waals surface area contributed by atoms with Crippen molar-refractivity contribution < 1.29 is 9.53 Å². The molecular weight excluding hydrogens is 230 g/mol. The normalized spacial score (nSPS) is 18.1. The Bertz CT molecular complexity index is 578. The van der Waals surface area contributed by atoms with Crippen LogP contribution in [0.15, 0.2) is 30.5 Å². The number of amides is 1. The number of nitrogens with one attached hydrogen (secondary N) is 2. The van der Waals surface area contributed by atoms with Crippen molar-refractivity contribution in [1.82, 2.24) is 10.2 Å². The van der Waals surface area contributed by atoms with E-state index < -0.39 is 0 Å². The minimum Gasteiger partial charge on any atom is -0.497 e. The van der Waals surface area contributed by atoms with Gasteiger partial charge in [0.1, 0.15) is 5.75 Å². The minimum absolute atomic E-state index is 0.00588. The van der Waals surface area contributed by atoms with Crippen LogP contribution < -0.4 is 10.1 Å². The fourth-order valence-electron chi connectivity index (χ4n) is 2.30. The summed E-state index contributed by atoms with van der Waals surface area (Å²) >= 11 is 0. The molecule has 2 N–H and O–H groups in total. The Hall–Kier alpha value is -2.30. The minimum atomic E-state index is 0.00588. The molecule has 1 aliphatic rings. The molecule has 2 heterocycles. The fourth-order valence-corrected chi connectivity index (χ4v) is 2.30.